The van der Waals surface area contributed by atoms with Crippen LogP contribution in [0.3, 0.4) is 0 Å². The molecule has 6 aromatic rings. The Morgan fingerprint density at radius 1 is 0.615 bits per heavy atom. The van der Waals surface area contributed by atoms with Gasteiger partial charge in [0.2, 0.25) is 0 Å². The predicted octanol–water partition coefficient (Wildman–Crippen LogP) is 9.66. The lowest BCUT2D eigenvalue weighted by Gasteiger charge is -2.25. The summed E-state index contributed by atoms with van der Waals surface area (Å²) in [7, 11) is 0. The van der Waals surface area contributed by atoms with Crippen molar-refractivity contribution in [2.24, 2.45) is 0 Å². The van der Waals surface area contributed by atoms with Gasteiger partial charge in [-0.1, -0.05) is 12.1 Å². The number of thiophene rings is 2. The van der Waals surface area contributed by atoms with E-state index in [1.807, 2.05) is 0 Å². The van der Waals surface area contributed by atoms with Gasteiger partial charge in [-0.15, -0.1) is 22.7 Å². The van der Waals surface area contributed by atoms with Crippen LogP contribution < -0.4 is 0 Å². The Morgan fingerprint density at radius 2 is 1.03 bits per heavy atom. The van der Waals surface area contributed by atoms with E-state index in [1.165, 1.54) is 13.8 Å². The Bertz CT molecular complexity index is 1890. The highest BCUT2D eigenvalue weighted by Gasteiger charge is 2.80. The molecule has 0 spiro atoms. The van der Waals surface area contributed by atoms with Gasteiger partial charge < -0.3 is 0 Å². The minimum absolute atomic E-state index is 0.245. The number of hydrogen-bond donors (Lipinski definition) is 0. The quantitative estimate of drug-likeness (QED) is 0.194. The molecule has 1 aliphatic rings. The smallest absolute Gasteiger partial charge is 0.256 e. The molecule has 0 saturated heterocycles. The third kappa shape index (κ3) is 3.10. The molecule has 39 heavy (non-hydrogen) atoms. The average Bonchev–Trinajstić information content (AvgIpc) is 3.42. The number of benzene rings is 2. The molecule has 7 rings (SSSR count). The molecule has 0 bridgehead atoms. The zero-order chi connectivity index (χ0) is 27.5. The molecule has 0 unspecified atom stereocenters. The molecular formula is C29H16F6N2S2. The largest absolute Gasteiger partial charge is 0.380 e. The third-order valence-corrected chi connectivity index (χ3v) is 9.99. The van der Waals surface area contributed by atoms with E-state index in [1.54, 1.807) is 60.9 Å². The molecule has 196 valence electrons. The summed E-state index contributed by atoms with van der Waals surface area (Å²) in [4.78, 5) is 7.98. The standard InChI is InChI=1S/C29H16F6N2S2/c1-13-17-9-15-5-3-7-36-19(15)11-21(17)38-25(13)23-24(28(32,33)29(34,35)27(23,30)31)26-14(2)18-10-16-6-4-8-37-20(16)12-22(18)39-26/h3-12H,1-2H3. The molecule has 0 aliphatic heterocycles. The van der Waals surface area contributed by atoms with Gasteiger partial charge in [0.15, 0.2) is 0 Å². The molecule has 2 aromatic carbocycles. The van der Waals surface area contributed by atoms with Crippen LogP contribution in [0.4, 0.5) is 26.3 Å². The number of nitrogens with zero attached hydrogens (tertiary/aromatic N) is 2. The fraction of sp³-hybridized carbons (Fsp3) is 0.172. The SMILES string of the molecule is Cc1c(C2=C(c3sc4cc5ncccc5cc4c3C)C(F)(F)C(F)(F)C2(F)F)sc2cc3ncccc3cc12. The highest BCUT2D eigenvalue weighted by Crippen LogP contribution is 2.67. The zero-order valence-electron chi connectivity index (χ0n) is 20.3. The van der Waals surface area contributed by atoms with Crippen molar-refractivity contribution in [2.75, 3.05) is 0 Å². The molecular weight excluding hydrogens is 554 g/mol. The van der Waals surface area contributed by atoms with Gasteiger partial charge in [-0.25, -0.2) is 0 Å². The number of rotatable bonds is 2. The second kappa shape index (κ2) is 7.79. The monoisotopic (exact) mass is 570 g/mol. The summed E-state index contributed by atoms with van der Waals surface area (Å²) in [6.07, 6.45) is 3.15. The van der Waals surface area contributed by atoms with E-state index < -0.39 is 28.9 Å². The molecule has 4 aromatic heterocycles. The molecule has 0 fully saturated rings. The first-order valence-electron chi connectivity index (χ1n) is 11.9. The van der Waals surface area contributed by atoms with E-state index >= 15 is 26.3 Å². The Balaban J connectivity index is 1.58. The normalized spacial score (nSPS) is 18.3. The Kier molecular flexibility index (Phi) is 4.90. The van der Waals surface area contributed by atoms with Gasteiger partial charge in [0.25, 0.3) is 0 Å². The van der Waals surface area contributed by atoms with E-state index in [0.717, 1.165) is 33.4 Å². The molecule has 0 amide bonds. The maximum Gasteiger partial charge on any atom is 0.380 e. The van der Waals surface area contributed by atoms with Crippen molar-refractivity contribution in [3.8, 4) is 0 Å². The summed E-state index contributed by atoms with van der Waals surface area (Å²) in [5, 5.41) is 2.51. The fourth-order valence-corrected chi connectivity index (χ4v) is 8.00. The number of aromatic nitrogens is 2. The maximum absolute atomic E-state index is 15.6. The Morgan fingerprint density at radius 3 is 1.44 bits per heavy atom. The van der Waals surface area contributed by atoms with Gasteiger partial charge in [-0.3, -0.25) is 9.97 Å². The highest BCUT2D eigenvalue weighted by molar-refractivity contribution is 7.21. The van der Waals surface area contributed by atoms with Crippen LogP contribution in [-0.4, -0.2) is 27.7 Å². The summed E-state index contributed by atoms with van der Waals surface area (Å²) < 4.78 is 93.5. The number of pyridine rings is 2. The lowest BCUT2D eigenvalue weighted by Crippen LogP contribution is -2.48. The molecule has 2 nitrogen and oxygen atoms in total. The van der Waals surface area contributed by atoms with Crippen LogP contribution in [-0.2, 0) is 0 Å². The predicted molar refractivity (Wildman–Crippen MR) is 145 cm³/mol. The first-order chi connectivity index (χ1) is 18.4. The molecule has 0 N–H and O–H groups in total. The molecule has 0 radical (unpaired) electrons. The van der Waals surface area contributed by atoms with Gasteiger partial charge >= 0.3 is 17.8 Å². The Hall–Kier alpha value is -3.50. The summed E-state index contributed by atoms with van der Waals surface area (Å²) in [6.45, 7) is 3.00. The first-order valence-corrected chi connectivity index (χ1v) is 13.5. The summed E-state index contributed by atoms with van der Waals surface area (Å²) >= 11 is 1.61. The number of alkyl halides is 6. The van der Waals surface area contributed by atoms with E-state index in [9.17, 15) is 0 Å². The highest BCUT2D eigenvalue weighted by atomic mass is 32.1. The molecule has 4 heterocycles. The minimum Gasteiger partial charge on any atom is -0.256 e. The van der Waals surface area contributed by atoms with Crippen molar-refractivity contribution in [2.45, 2.75) is 31.6 Å². The van der Waals surface area contributed by atoms with Gasteiger partial charge in [-0.2, -0.15) is 26.3 Å². The summed E-state index contributed by atoms with van der Waals surface area (Å²) in [6, 6.07) is 13.8. The van der Waals surface area contributed by atoms with Crippen LogP contribution in [0.5, 0.6) is 0 Å². The molecule has 10 heteroatoms. The lowest BCUT2D eigenvalue weighted by molar-refractivity contribution is -0.254. The van der Waals surface area contributed by atoms with Crippen molar-refractivity contribution >= 4 is 75.8 Å². The molecule has 1 aliphatic carbocycles. The minimum atomic E-state index is -5.62. The van der Waals surface area contributed by atoms with Gasteiger partial charge in [0.1, 0.15) is 0 Å². The van der Waals surface area contributed by atoms with Gasteiger partial charge in [-0.05, 0) is 72.1 Å². The van der Waals surface area contributed by atoms with Crippen LogP contribution >= 0.6 is 22.7 Å². The molecule has 0 saturated carbocycles. The first kappa shape index (κ1) is 24.5. The number of allylic oxidation sites excluding steroid dienone is 2. The van der Waals surface area contributed by atoms with Crippen molar-refractivity contribution < 1.29 is 26.3 Å². The third-order valence-electron chi connectivity index (χ3n) is 7.44. The van der Waals surface area contributed by atoms with E-state index in [-0.39, 0.29) is 20.9 Å². The van der Waals surface area contributed by atoms with E-state index in [2.05, 4.69) is 9.97 Å². The van der Waals surface area contributed by atoms with Crippen molar-refractivity contribution in [1.29, 1.82) is 0 Å². The lowest BCUT2D eigenvalue weighted by atomic mass is 9.98. The van der Waals surface area contributed by atoms with Crippen molar-refractivity contribution in [3.05, 3.63) is 81.8 Å². The average molecular weight is 571 g/mol. The Labute approximate surface area is 225 Å². The van der Waals surface area contributed by atoms with Crippen LogP contribution in [0.1, 0.15) is 20.9 Å². The topological polar surface area (TPSA) is 25.8 Å². The fourth-order valence-electron chi connectivity index (χ4n) is 5.39. The van der Waals surface area contributed by atoms with Crippen LogP contribution in [0.2, 0.25) is 0 Å². The van der Waals surface area contributed by atoms with Crippen LogP contribution in [0.25, 0.3) is 53.1 Å². The zero-order valence-corrected chi connectivity index (χ0v) is 21.9. The number of fused-ring (bicyclic) bond motifs is 4. The number of hydrogen-bond acceptors (Lipinski definition) is 4. The number of halogens is 6. The van der Waals surface area contributed by atoms with Crippen LogP contribution in [0, 0.1) is 13.8 Å². The second-order valence-electron chi connectivity index (χ2n) is 9.67. The maximum atomic E-state index is 15.6. The van der Waals surface area contributed by atoms with Gasteiger partial charge in [0.05, 0.1) is 22.2 Å². The van der Waals surface area contributed by atoms with Gasteiger partial charge in [0, 0.05) is 42.3 Å². The second-order valence-corrected chi connectivity index (χ2v) is 11.8. The van der Waals surface area contributed by atoms with Crippen LogP contribution in [0.15, 0.2) is 60.9 Å². The summed E-state index contributed by atoms with van der Waals surface area (Å²) in [5.41, 5.74) is -0.967. The van der Waals surface area contributed by atoms with Crippen molar-refractivity contribution in [1.82, 2.24) is 9.97 Å². The van der Waals surface area contributed by atoms with E-state index in [0.29, 0.717) is 31.2 Å². The summed E-state index contributed by atoms with van der Waals surface area (Å²) in [5.74, 6) is -15.8. The number of aryl methyl sites for hydroxylation is 2. The molecule has 0 atom stereocenters. The van der Waals surface area contributed by atoms with E-state index in [4.69, 9.17) is 0 Å². The van der Waals surface area contributed by atoms with Crippen molar-refractivity contribution in [3.63, 3.8) is 0 Å².